The maximum Gasteiger partial charge on any atom is 0.227 e. The molecule has 0 aliphatic carbocycles. The molecule has 6 heteroatoms. The van der Waals surface area contributed by atoms with Gasteiger partial charge >= 0.3 is 0 Å². The van der Waals surface area contributed by atoms with Crippen molar-refractivity contribution in [1.29, 1.82) is 0 Å². The first kappa shape index (κ1) is 16.5. The Morgan fingerprint density at radius 1 is 1.38 bits per heavy atom. The minimum Gasteiger partial charge on any atom is -0.477 e. The van der Waals surface area contributed by atoms with E-state index in [-0.39, 0.29) is 11.8 Å². The number of ether oxygens (including phenoxy) is 1. The molecule has 1 atom stereocenters. The van der Waals surface area contributed by atoms with Crippen LogP contribution in [0.15, 0.2) is 24.5 Å². The number of amides is 1. The molecular weight excluding hydrogens is 304 g/mol. The molecule has 0 saturated carbocycles. The zero-order valence-corrected chi connectivity index (χ0v) is 14.5. The number of hydrogen-bond acceptors (Lipinski definition) is 4. The van der Waals surface area contributed by atoms with Crippen molar-refractivity contribution >= 4 is 11.6 Å². The van der Waals surface area contributed by atoms with E-state index in [0.29, 0.717) is 24.1 Å². The van der Waals surface area contributed by atoms with E-state index in [4.69, 9.17) is 4.74 Å². The standard InChI is InChI=1S/C18H24N4O2/c1-12(2)11-24-17-5-4-15(9-20-17)21-18(23)14-6-7-22-13(3)19-10-16(22)8-14/h4-5,9-10,12,14H,6-8,11H2,1-3H3,(H,21,23). The van der Waals surface area contributed by atoms with E-state index in [9.17, 15) is 4.79 Å². The maximum absolute atomic E-state index is 12.5. The zero-order chi connectivity index (χ0) is 17.1. The fraction of sp³-hybridized carbons (Fsp3) is 0.500. The number of anilines is 1. The fourth-order valence-corrected chi connectivity index (χ4v) is 2.88. The molecule has 0 saturated heterocycles. The van der Waals surface area contributed by atoms with Crippen LogP contribution in [0.4, 0.5) is 5.69 Å². The first-order valence-electron chi connectivity index (χ1n) is 8.43. The number of carbonyl (C=O) groups excluding carboxylic acids is 1. The van der Waals surface area contributed by atoms with Gasteiger partial charge in [0.2, 0.25) is 11.8 Å². The molecule has 2 aromatic rings. The van der Waals surface area contributed by atoms with Gasteiger partial charge in [-0.3, -0.25) is 4.79 Å². The zero-order valence-electron chi connectivity index (χ0n) is 14.5. The fourth-order valence-electron chi connectivity index (χ4n) is 2.88. The predicted octanol–water partition coefficient (Wildman–Crippen LogP) is 2.82. The molecule has 3 heterocycles. The maximum atomic E-state index is 12.5. The molecule has 0 aromatic carbocycles. The number of rotatable bonds is 5. The Hall–Kier alpha value is -2.37. The van der Waals surface area contributed by atoms with Crippen molar-refractivity contribution in [2.24, 2.45) is 11.8 Å². The van der Waals surface area contributed by atoms with Crippen molar-refractivity contribution in [3.05, 3.63) is 36.0 Å². The molecule has 1 unspecified atom stereocenters. The normalized spacial score (nSPS) is 16.8. The molecule has 128 valence electrons. The van der Waals surface area contributed by atoms with Gasteiger partial charge < -0.3 is 14.6 Å². The number of aromatic nitrogens is 3. The number of pyridine rings is 1. The number of fused-ring (bicyclic) bond motifs is 1. The Balaban J connectivity index is 1.57. The molecule has 1 amide bonds. The molecule has 0 radical (unpaired) electrons. The van der Waals surface area contributed by atoms with Gasteiger partial charge in [-0.1, -0.05) is 13.8 Å². The van der Waals surface area contributed by atoms with E-state index in [1.54, 1.807) is 12.3 Å². The predicted molar refractivity (Wildman–Crippen MR) is 92.0 cm³/mol. The van der Waals surface area contributed by atoms with Crippen LogP contribution in [0.1, 0.15) is 31.8 Å². The van der Waals surface area contributed by atoms with Crippen molar-refractivity contribution in [2.45, 2.75) is 40.2 Å². The van der Waals surface area contributed by atoms with Crippen LogP contribution < -0.4 is 10.1 Å². The largest absolute Gasteiger partial charge is 0.477 e. The Labute approximate surface area is 142 Å². The van der Waals surface area contributed by atoms with Crippen LogP contribution in [-0.4, -0.2) is 27.0 Å². The van der Waals surface area contributed by atoms with Gasteiger partial charge in [0, 0.05) is 36.8 Å². The number of nitrogens with zero attached hydrogens (tertiary/aromatic N) is 3. The Bertz CT molecular complexity index is 706. The lowest BCUT2D eigenvalue weighted by atomic mass is 9.95. The summed E-state index contributed by atoms with van der Waals surface area (Å²) in [7, 11) is 0. The molecule has 0 fully saturated rings. The van der Waals surface area contributed by atoms with Crippen LogP contribution in [0.2, 0.25) is 0 Å². The highest BCUT2D eigenvalue weighted by molar-refractivity contribution is 5.92. The quantitative estimate of drug-likeness (QED) is 0.916. The summed E-state index contributed by atoms with van der Waals surface area (Å²) in [5.74, 6) is 2.07. The second-order valence-electron chi connectivity index (χ2n) is 6.72. The Morgan fingerprint density at radius 3 is 2.92 bits per heavy atom. The van der Waals surface area contributed by atoms with Crippen LogP contribution in [0.3, 0.4) is 0 Å². The van der Waals surface area contributed by atoms with Crippen molar-refractivity contribution in [2.75, 3.05) is 11.9 Å². The molecule has 2 aromatic heterocycles. The number of carbonyl (C=O) groups is 1. The average Bonchev–Trinajstić information content (AvgIpc) is 2.95. The van der Waals surface area contributed by atoms with E-state index < -0.39 is 0 Å². The third-order valence-corrected chi connectivity index (χ3v) is 4.23. The van der Waals surface area contributed by atoms with Crippen LogP contribution >= 0.6 is 0 Å². The highest BCUT2D eigenvalue weighted by atomic mass is 16.5. The third kappa shape index (κ3) is 3.75. The van der Waals surface area contributed by atoms with E-state index in [1.165, 1.54) is 0 Å². The summed E-state index contributed by atoms with van der Waals surface area (Å²) in [5.41, 5.74) is 1.83. The number of aryl methyl sites for hydroxylation is 1. The van der Waals surface area contributed by atoms with E-state index in [0.717, 1.165) is 30.9 Å². The van der Waals surface area contributed by atoms with Gasteiger partial charge in [0.05, 0.1) is 18.5 Å². The summed E-state index contributed by atoms with van der Waals surface area (Å²) in [6.45, 7) is 7.66. The van der Waals surface area contributed by atoms with Crippen molar-refractivity contribution < 1.29 is 9.53 Å². The lowest BCUT2D eigenvalue weighted by Crippen LogP contribution is -2.30. The molecule has 0 bridgehead atoms. The molecule has 1 aliphatic rings. The van der Waals surface area contributed by atoms with Gasteiger partial charge in [0.25, 0.3) is 0 Å². The van der Waals surface area contributed by atoms with Crippen LogP contribution in [0, 0.1) is 18.8 Å². The lowest BCUT2D eigenvalue weighted by molar-refractivity contribution is -0.120. The van der Waals surface area contributed by atoms with Gasteiger partial charge in [0.1, 0.15) is 5.82 Å². The number of imidazole rings is 1. The molecular formula is C18H24N4O2. The smallest absolute Gasteiger partial charge is 0.227 e. The van der Waals surface area contributed by atoms with Gasteiger partial charge in [-0.05, 0) is 25.3 Å². The molecule has 6 nitrogen and oxygen atoms in total. The summed E-state index contributed by atoms with van der Waals surface area (Å²) < 4.78 is 7.74. The summed E-state index contributed by atoms with van der Waals surface area (Å²) >= 11 is 0. The Kier molecular flexibility index (Phi) is 4.83. The number of hydrogen-bond donors (Lipinski definition) is 1. The molecule has 1 aliphatic heterocycles. The van der Waals surface area contributed by atoms with E-state index >= 15 is 0 Å². The van der Waals surface area contributed by atoms with Gasteiger partial charge in [-0.2, -0.15) is 0 Å². The lowest BCUT2D eigenvalue weighted by Gasteiger charge is -2.23. The molecule has 3 rings (SSSR count). The first-order valence-corrected chi connectivity index (χ1v) is 8.43. The van der Waals surface area contributed by atoms with Crippen molar-refractivity contribution in [3.8, 4) is 5.88 Å². The summed E-state index contributed by atoms with van der Waals surface area (Å²) in [5, 5.41) is 2.95. The monoisotopic (exact) mass is 328 g/mol. The number of nitrogens with one attached hydrogen (secondary N) is 1. The van der Waals surface area contributed by atoms with Crippen LogP contribution in [0.5, 0.6) is 5.88 Å². The molecule has 1 N–H and O–H groups in total. The van der Waals surface area contributed by atoms with Crippen molar-refractivity contribution in [1.82, 2.24) is 14.5 Å². The summed E-state index contributed by atoms with van der Waals surface area (Å²) in [6.07, 6.45) is 5.08. The van der Waals surface area contributed by atoms with E-state index in [1.807, 2.05) is 19.2 Å². The van der Waals surface area contributed by atoms with Gasteiger partial charge in [-0.25, -0.2) is 9.97 Å². The van der Waals surface area contributed by atoms with Gasteiger partial charge in [-0.15, -0.1) is 0 Å². The van der Waals surface area contributed by atoms with E-state index in [2.05, 4.69) is 33.7 Å². The SMILES string of the molecule is Cc1ncc2n1CCC(C(=O)Nc1ccc(OCC(C)C)nc1)C2. The summed E-state index contributed by atoms with van der Waals surface area (Å²) in [4.78, 5) is 21.0. The van der Waals surface area contributed by atoms with Crippen LogP contribution in [0.25, 0.3) is 0 Å². The average molecular weight is 328 g/mol. The van der Waals surface area contributed by atoms with Crippen LogP contribution in [-0.2, 0) is 17.8 Å². The van der Waals surface area contributed by atoms with Crippen molar-refractivity contribution in [3.63, 3.8) is 0 Å². The highest BCUT2D eigenvalue weighted by Crippen LogP contribution is 2.23. The second-order valence-corrected chi connectivity index (χ2v) is 6.72. The Morgan fingerprint density at radius 2 is 2.21 bits per heavy atom. The molecule has 24 heavy (non-hydrogen) atoms. The summed E-state index contributed by atoms with van der Waals surface area (Å²) in [6, 6.07) is 3.62. The minimum atomic E-state index is -0.0227. The third-order valence-electron chi connectivity index (χ3n) is 4.23. The van der Waals surface area contributed by atoms with Gasteiger partial charge in [0.15, 0.2) is 0 Å². The molecule has 0 spiro atoms. The topological polar surface area (TPSA) is 69.0 Å². The highest BCUT2D eigenvalue weighted by Gasteiger charge is 2.26. The second kappa shape index (κ2) is 7.03. The minimum absolute atomic E-state index is 0.0227. The first-order chi connectivity index (χ1) is 11.5.